The number of hydrogen-bond acceptors (Lipinski definition) is 4. The summed E-state index contributed by atoms with van der Waals surface area (Å²) < 4.78 is 0.957. The van der Waals surface area contributed by atoms with Gasteiger partial charge in [0.25, 0.3) is 0 Å². The van der Waals surface area contributed by atoms with Gasteiger partial charge in [0, 0.05) is 16.7 Å². The molecule has 1 aliphatic heterocycles. The average Bonchev–Trinajstić information content (AvgIpc) is 2.75. The molecule has 2 rings (SSSR count). The highest BCUT2D eigenvalue weighted by molar-refractivity contribution is 14.1. The van der Waals surface area contributed by atoms with Gasteiger partial charge in [0.2, 0.25) is 5.91 Å². The standard InChI is InChI=1S/C13H16IN3O3/c14-9-3-1-2-4-10(9)16-11(18)7-17-6-5-13(15,8-17)12(19)20/h1-4H,5-8,15H2,(H,16,18)(H,19,20). The molecule has 0 aromatic heterocycles. The van der Waals surface area contributed by atoms with Crippen molar-refractivity contribution in [3.8, 4) is 0 Å². The van der Waals surface area contributed by atoms with Gasteiger partial charge in [-0.2, -0.15) is 0 Å². The molecule has 1 aromatic rings. The summed E-state index contributed by atoms with van der Waals surface area (Å²) in [5, 5.41) is 11.9. The Morgan fingerprint density at radius 2 is 2.15 bits per heavy atom. The topological polar surface area (TPSA) is 95.7 Å². The lowest BCUT2D eigenvalue weighted by Gasteiger charge is -2.19. The molecule has 6 nitrogen and oxygen atoms in total. The Balaban J connectivity index is 1.91. The van der Waals surface area contributed by atoms with Crippen molar-refractivity contribution in [2.75, 3.05) is 25.0 Å². The molecule has 1 fully saturated rings. The van der Waals surface area contributed by atoms with Crippen molar-refractivity contribution in [2.24, 2.45) is 5.73 Å². The molecule has 108 valence electrons. The summed E-state index contributed by atoms with van der Waals surface area (Å²) in [7, 11) is 0. The minimum atomic E-state index is -1.23. The van der Waals surface area contributed by atoms with E-state index in [4.69, 9.17) is 10.8 Å². The van der Waals surface area contributed by atoms with Crippen LogP contribution in [0.4, 0.5) is 5.69 Å². The fourth-order valence-electron chi connectivity index (χ4n) is 2.18. The second-order valence-electron chi connectivity index (χ2n) is 4.95. The van der Waals surface area contributed by atoms with E-state index in [1.54, 1.807) is 4.90 Å². The Bertz CT molecular complexity index is 537. The molecule has 1 atom stereocenters. The predicted octanol–water partition coefficient (Wildman–Crippen LogP) is 0.718. The molecule has 1 heterocycles. The van der Waals surface area contributed by atoms with Gasteiger partial charge < -0.3 is 16.2 Å². The second-order valence-corrected chi connectivity index (χ2v) is 6.11. The molecule has 20 heavy (non-hydrogen) atoms. The molecule has 7 heteroatoms. The Labute approximate surface area is 130 Å². The van der Waals surface area contributed by atoms with Gasteiger partial charge >= 0.3 is 5.97 Å². The highest BCUT2D eigenvalue weighted by Gasteiger charge is 2.41. The average molecular weight is 389 g/mol. The number of likely N-dealkylation sites (tertiary alicyclic amines) is 1. The molecule has 0 radical (unpaired) electrons. The van der Waals surface area contributed by atoms with Crippen LogP contribution < -0.4 is 11.1 Å². The zero-order valence-electron chi connectivity index (χ0n) is 10.8. The van der Waals surface area contributed by atoms with Crippen LogP contribution in [0.1, 0.15) is 6.42 Å². The first-order chi connectivity index (χ1) is 9.40. The summed E-state index contributed by atoms with van der Waals surface area (Å²) in [5.41, 5.74) is 5.29. The summed E-state index contributed by atoms with van der Waals surface area (Å²) in [6.45, 7) is 0.862. The molecular formula is C13H16IN3O3. The third-order valence-corrected chi connectivity index (χ3v) is 4.26. The number of carboxylic acids is 1. The van der Waals surface area contributed by atoms with Crippen molar-refractivity contribution >= 4 is 40.2 Å². The molecule has 1 aliphatic rings. The Morgan fingerprint density at radius 3 is 2.75 bits per heavy atom. The second kappa shape index (κ2) is 6.06. The molecule has 0 saturated carbocycles. The summed E-state index contributed by atoms with van der Waals surface area (Å²) in [4.78, 5) is 24.8. The zero-order chi connectivity index (χ0) is 14.8. The molecule has 1 amide bonds. The van der Waals surface area contributed by atoms with E-state index in [1.165, 1.54) is 0 Å². The number of carbonyl (C=O) groups is 2. The lowest BCUT2D eigenvalue weighted by atomic mass is 10.0. The number of anilines is 1. The van der Waals surface area contributed by atoms with Gasteiger partial charge in [-0.05, 0) is 41.1 Å². The van der Waals surface area contributed by atoms with E-state index in [2.05, 4.69) is 27.9 Å². The Morgan fingerprint density at radius 1 is 1.45 bits per heavy atom. The van der Waals surface area contributed by atoms with E-state index in [0.717, 1.165) is 9.26 Å². The Hall–Kier alpha value is -1.19. The lowest BCUT2D eigenvalue weighted by Crippen LogP contribution is -2.50. The minimum Gasteiger partial charge on any atom is -0.480 e. The molecule has 4 N–H and O–H groups in total. The molecule has 1 saturated heterocycles. The number of aliphatic carboxylic acids is 1. The number of nitrogens with one attached hydrogen (secondary N) is 1. The number of amides is 1. The van der Waals surface area contributed by atoms with Crippen molar-refractivity contribution < 1.29 is 14.7 Å². The van der Waals surface area contributed by atoms with E-state index >= 15 is 0 Å². The number of rotatable bonds is 4. The third-order valence-electron chi connectivity index (χ3n) is 3.32. The summed E-state index contributed by atoms with van der Waals surface area (Å²) in [6, 6.07) is 7.48. The maximum atomic E-state index is 12.0. The summed E-state index contributed by atoms with van der Waals surface area (Å²) >= 11 is 2.15. The number of para-hydroxylation sites is 1. The number of benzene rings is 1. The molecule has 0 aliphatic carbocycles. The summed E-state index contributed by atoms with van der Waals surface area (Å²) in [6.07, 6.45) is 0.360. The number of hydrogen-bond donors (Lipinski definition) is 3. The van der Waals surface area contributed by atoms with E-state index in [-0.39, 0.29) is 19.0 Å². The minimum absolute atomic E-state index is 0.150. The van der Waals surface area contributed by atoms with Crippen LogP contribution in [-0.4, -0.2) is 47.1 Å². The molecule has 0 spiro atoms. The first kappa shape index (κ1) is 15.2. The van der Waals surface area contributed by atoms with Crippen LogP contribution in [0.5, 0.6) is 0 Å². The monoisotopic (exact) mass is 389 g/mol. The van der Waals surface area contributed by atoms with Crippen LogP contribution in [0.2, 0.25) is 0 Å². The van der Waals surface area contributed by atoms with Crippen molar-refractivity contribution in [3.05, 3.63) is 27.8 Å². The Kier molecular flexibility index (Phi) is 4.61. The van der Waals surface area contributed by atoms with Crippen molar-refractivity contribution in [2.45, 2.75) is 12.0 Å². The van der Waals surface area contributed by atoms with Crippen LogP contribution in [0, 0.1) is 3.57 Å². The number of halogens is 1. The van der Waals surface area contributed by atoms with Crippen molar-refractivity contribution in [1.82, 2.24) is 4.90 Å². The predicted molar refractivity (Wildman–Crippen MR) is 83.4 cm³/mol. The van der Waals surface area contributed by atoms with E-state index in [0.29, 0.717) is 13.0 Å². The first-order valence-corrected chi connectivity index (χ1v) is 7.27. The number of nitrogens with two attached hydrogens (primary N) is 1. The van der Waals surface area contributed by atoms with Gasteiger partial charge in [0.05, 0.1) is 12.2 Å². The van der Waals surface area contributed by atoms with Gasteiger partial charge in [-0.1, -0.05) is 12.1 Å². The SMILES string of the molecule is NC1(C(=O)O)CCN(CC(=O)Nc2ccccc2I)C1. The van der Waals surface area contributed by atoms with E-state index < -0.39 is 11.5 Å². The van der Waals surface area contributed by atoms with Gasteiger partial charge in [-0.3, -0.25) is 14.5 Å². The van der Waals surface area contributed by atoms with Crippen LogP contribution in [0.15, 0.2) is 24.3 Å². The van der Waals surface area contributed by atoms with Crippen molar-refractivity contribution in [3.63, 3.8) is 0 Å². The van der Waals surface area contributed by atoms with E-state index in [1.807, 2.05) is 24.3 Å². The highest BCUT2D eigenvalue weighted by atomic mass is 127. The smallest absolute Gasteiger partial charge is 0.325 e. The van der Waals surface area contributed by atoms with Crippen LogP contribution in [0.3, 0.4) is 0 Å². The number of carboxylic acid groups (broad SMARTS) is 1. The van der Waals surface area contributed by atoms with Gasteiger partial charge in [0.15, 0.2) is 0 Å². The van der Waals surface area contributed by atoms with Gasteiger partial charge in [-0.15, -0.1) is 0 Å². The van der Waals surface area contributed by atoms with Crippen LogP contribution in [0.25, 0.3) is 0 Å². The maximum absolute atomic E-state index is 12.0. The fraction of sp³-hybridized carbons (Fsp3) is 0.385. The van der Waals surface area contributed by atoms with Gasteiger partial charge in [-0.25, -0.2) is 0 Å². The van der Waals surface area contributed by atoms with Crippen LogP contribution >= 0.6 is 22.6 Å². The van der Waals surface area contributed by atoms with Crippen LogP contribution in [-0.2, 0) is 9.59 Å². The fourth-order valence-corrected chi connectivity index (χ4v) is 2.70. The maximum Gasteiger partial charge on any atom is 0.325 e. The van der Waals surface area contributed by atoms with Crippen molar-refractivity contribution in [1.29, 1.82) is 0 Å². The quantitative estimate of drug-likeness (QED) is 0.660. The third kappa shape index (κ3) is 3.47. The summed E-state index contributed by atoms with van der Waals surface area (Å²) in [5.74, 6) is -1.18. The number of carbonyl (C=O) groups excluding carboxylic acids is 1. The van der Waals surface area contributed by atoms with Gasteiger partial charge in [0.1, 0.15) is 5.54 Å². The van der Waals surface area contributed by atoms with E-state index in [9.17, 15) is 9.59 Å². The molecular weight excluding hydrogens is 373 g/mol. The highest BCUT2D eigenvalue weighted by Crippen LogP contribution is 2.20. The molecule has 0 bridgehead atoms. The molecule has 1 unspecified atom stereocenters. The normalized spacial score (nSPS) is 22.7. The number of nitrogens with zero attached hydrogens (tertiary/aromatic N) is 1. The largest absolute Gasteiger partial charge is 0.480 e. The zero-order valence-corrected chi connectivity index (χ0v) is 13.0. The first-order valence-electron chi connectivity index (χ1n) is 6.20. The lowest BCUT2D eigenvalue weighted by molar-refractivity contribution is -0.143. The molecule has 1 aromatic carbocycles.